The van der Waals surface area contributed by atoms with Gasteiger partial charge < -0.3 is 9.47 Å². The monoisotopic (exact) mass is 394 g/mol. The van der Waals surface area contributed by atoms with E-state index in [-0.39, 0.29) is 5.97 Å². The molecule has 2 aromatic carbocycles. The van der Waals surface area contributed by atoms with Crippen LogP contribution in [0.2, 0.25) is 5.02 Å². The SMILES string of the molecule is CCOC(=O)/C=C/c1ccc(OCc2ccccc2Cl)c(Br)c1. The molecule has 0 spiro atoms. The fourth-order valence-corrected chi connectivity index (χ4v) is 2.56. The van der Waals surface area contributed by atoms with E-state index in [0.29, 0.717) is 24.0 Å². The summed E-state index contributed by atoms with van der Waals surface area (Å²) in [5.41, 5.74) is 1.79. The normalized spacial score (nSPS) is 10.7. The summed E-state index contributed by atoms with van der Waals surface area (Å²) in [7, 11) is 0. The fraction of sp³-hybridized carbons (Fsp3) is 0.167. The van der Waals surface area contributed by atoms with Gasteiger partial charge in [0.1, 0.15) is 12.4 Å². The topological polar surface area (TPSA) is 35.5 Å². The quantitative estimate of drug-likeness (QED) is 0.494. The van der Waals surface area contributed by atoms with E-state index in [2.05, 4.69) is 15.9 Å². The number of ether oxygens (including phenoxy) is 2. The summed E-state index contributed by atoms with van der Waals surface area (Å²) in [5.74, 6) is 0.348. The lowest BCUT2D eigenvalue weighted by atomic mass is 10.2. The van der Waals surface area contributed by atoms with Crippen LogP contribution < -0.4 is 4.74 Å². The van der Waals surface area contributed by atoms with Gasteiger partial charge in [-0.15, -0.1) is 0 Å². The predicted octanol–water partition coefficient (Wildman–Crippen LogP) is 5.26. The molecule has 0 aliphatic carbocycles. The molecule has 0 aliphatic rings. The van der Waals surface area contributed by atoms with Crippen molar-refractivity contribution in [2.45, 2.75) is 13.5 Å². The molecule has 5 heteroatoms. The maximum atomic E-state index is 11.3. The molecule has 0 heterocycles. The third kappa shape index (κ3) is 5.41. The van der Waals surface area contributed by atoms with Crippen LogP contribution in [0.3, 0.4) is 0 Å². The van der Waals surface area contributed by atoms with Crippen LogP contribution in [0.4, 0.5) is 0 Å². The van der Waals surface area contributed by atoms with Gasteiger partial charge in [0.25, 0.3) is 0 Å². The average Bonchev–Trinajstić information content (AvgIpc) is 2.54. The van der Waals surface area contributed by atoms with Crippen molar-refractivity contribution in [2.24, 2.45) is 0 Å². The first-order valence-electron chi connectivity index (χ1n) is 7.10. The third-order valence-corrected chi connectivity index (χ3v) is 3.98. The van der Waals surface area contributed by atoms with Crippen LogP contribution in [0, 0.1) is 0 Å². The van der Waals surface area contributed by atoms with Crippen LogP contribution in [0.25, 0.3) is 6.08 Å². The second-order valence-electron chi connectivity index (χ2n) is 4.66. The number of carbonyl (C=O) groups excluding carboxylic acids is 1. The molecule has 0 atom stereocenters. The van der Waals surface area contributed by atoms with E-state index in [1.807, 2.05) is 42.5 Å². The largest absolute Gasteiger partial charge is 0.488 e. The Labute approximate surface area is 149 Å². The summed E-state index contributed by atoms with van der Waals surface area (Å²) in [4.78, 5) is 11.3. The Morgan fingerprint density at radius 1 is 1.26 bits per heavy atom. The molecule has 0 saturated heterocycles. The van der Waals surface area contributed by atoms with Gasteiger partial charge in [-0.2, -0.15) is 0 Å². The van der Waals surface area contributed by atoms with Crippen molar-refractivity contribution in [3.05, 3.63) is 69.2 Å². The maximum Gasteiger partial charge on any atom is 0.330 e. The van der Waals surface area contributed by atoms with Gasteiger partial charge in [-0.05, 0) is 52.7 Å². The summed E-state index contributed by atoms with van der Waals surface area (Å²) >= 11 is 9.58. The Bertz CT molecular complexity index is 713. The van der Waals surface area contributed by atoms with Gasteiger partial charge in [0, 0.05) is 16.7 Å². The van der Waals surface area contributed by atoms with Crippen molar-refractivity contribution in [1.82, 2.24) is 0 Å². The van der Waals surface area contributed by atoms with Crippen molar-refractivity contribution in [3.8, 4) is 5.75 Å². The van der Waals surface area contributed by atoms with Crippen LogP contribution in [0.5, 0.6) is 5.75 Å². The third-order valence-electron chi connectivity index (χ3n) is 3.00. The molecule has 0 fully saturated rings. The summed E-state index contributed by atoms with van der Waals surface area (Å²) in [6.45, 7) is 2.52. The highest BCUT2D eigenvalue weighted by molar-refractivity contribution is 9.10. The first-order chi connectivity index (χ1) is 11.1. The Morgan fingerprint density at radius 2 is 2.04 bits per heavy atom. The second kappa shape index (κ2) is 8.75. The first-order valence-corrected chi connectivity index (χ1v) is 8.28. The number of benzene rings is 2. The van der Waals surface area contributed by atoms with Crippen LogP contribution in [0.1, 0.15) is 18.1 Å². The lowest BCUT2D eigenvalue weighted by molar-refractivity contribution is -0.137. The van der Waals surface area contributed by atoms with Gasteiger partial charge in [0.15, 0.2) is 0 Å². The van der Waals surface area contributed by atoms with Gasteiger partial charge in [-0.25, -0.2) is 4.79 Å². The Balaban J connectivity index is 2.02. The van der Waals surface area contributed by atoms with E-state index < -0.39 is 0 Å². The van der Waals surface area contributed by atoms with Crippen molar-refractivity contribution in [3.63, 3.8) is 0 Å². The number of rotatable bonds is 6. The molecule has 2 aromatic rings. The molecule has 0 aromatic heterocycles. The van der Waals surface area contributed by atoms with Crippen molar-refractivity contribution in [2.75, 3.05) is 6.61 Å². The molecule has 0 amide bonds. The number of hydrogen-bond acceptors (Lipinski definition) is 3. The summed E-state index contributed by atoms with van der Waals surface area (Å²) in [6, 6.07) is 13.1. The Hall–Kier alpha value is -1.78. The number of esters is 1. The van der Waals surface area contributed by atoms with Crippen LogP contribution >= 0.6 is 27.5 Å². The lowest BCUT2D eigenvalue weighted by Gasteiger charge is -2.10. The van der Waals surface area contributed by atoms with Crippen molar-refractivity contribution in [1.29, 1.82) is 0 Å². The smallest absolute Gasteiger partial charge is 0.330 e. The lowest BCUT2D eigenvalue weighted by Crippen LogP contribution is -1.98. The minimum atomic E-state index is -0.359. The van der Waals surface area contributed by atoms with Gasteiger partial charge in [0.05, 0.1) is 11.1 Å². The minimum Gasteiger partial charge on any atom is -0.488 e. The van der Waals surface area contributed by atoms with E-state index in [1.165, 1.54) is 6.08 Å². The van der Waals surface area contributed by atoms with Crippen molar-refractivity contribution < 1.29 is 14.3 Å². The van der Waals surface area contributed by atoms with E-state index in [4.69, 9.17) is 21.1 Å². The molecule has 0 aliphatic heterocycles. The second-order valence-corrected chi connectivity index (χ2v) is 5.92. The molecule has 120 valence electrons. The molecule has 0 radical (unpaired) electrons. The molecular formula is C18H16BrClO3. The van der Waals surface area contributed by atoms with Gasteiger partial charge >= 0.3 is 5.97 Å². The van der Waals surface area contributed by atoms with Gasteiger partial charge in [-0.3, -0.25) is 0 Å². The van der Waals surface area contributed by atoms with E-state index in [9.17, 15) is 4.79 Å². The molecule has 3 nitrogen and oxygen atoms in total. The maximum absolute atomic E-state index is 11.3. The molecule has 0 unspecified atom stereocenters. The Morgan fingerprint density at radius 3 is 2.74 bits per heavy atom. The predicted molar refractivity (Wildman–Crippen MR) is 95.6 cm³/mol. The number of hydrogen-bond donors (Lipinski definition) is 0. The Kier molecular flexibility index (Phi) is 6.68. The van der Waals surface area contributed by atoms with Crippen LogP contribution in [0.15, 0.2) is 53.0 Å². The highest BCUT2D eigenvalue weighted by Gasteiger charge is 2.05. The number of carbonyl (C=O) groups is 1. The molecule has 2 rings (SSSR count). The van der Waals surface area contributed by atoms with Crippen LogP contribution in [-0.2, 0) is 16.1 Å². The summed E-state index contributed by atoms with van der Waals surface area (Å²) in [5, 5.41) is 0.678. The fourth-order valence-electron chi connectivity index (χ4n) is 1.86. The average molecular weight is 396 g/mol. The molecule has 0 N–H and O–H groups in total. The van der Waals surface area contributed by atoms with Gasteiger partial charge in [0.2, 0.25) is 0 Å². The molecule has 0 saturated carbocycles. The van der Waals surface area contributed by atoms with E-state index in [1.54, 1.807) is 13.0 Å². The van der Waals surface area contributed by atoms with Crippen molar-refractivity contribution >= 4 is 39.6 Å². The van der Waals surface area contributed by atoms with E-state index in [0.717, 1.165) is 15.6 Å². The highest BCUT2D eigenvalue weighted by atomic mass is 79.9. The van der Waals surface area contributed by atoms with Crippen LogP contribution in [-0.4, -0.2) is 12.6 Å². The zero-order valence-corrected chi connectivity index (χ0v) is 14.9. The molecular weight excluding hydrogens is 380 g/mol. The zero-order chi connectivity index (χ0) is 16.7. The summed E-state index contributed by atoms with van der Waals surface area (Å²) < 4.78 is 11.4. The zero-order valence-electron chi connectivity index (χ0n) is 12.6. The standard InChI is InChI=1S/C18H16BrClO3/c1-2-22-18(21)10-8-13-7-9-17(15(19)11-13)23-12-14-5-3-4-6-16(14)20/h3-11H,2,12H2,1H3/b10-8+. The first kappa shape index (κ1) is 17.6. The highest BCUT2D eigenvalue weighted by Crippen LogP contribution is 2.28. The molecule has 23 heavy (non-hydrogen) atoms. The minimum absolute atomic E-state index is 0.359. The van der Waals surface area contributed by atoms with E-state index >= 15 is 0 Å². The number of halogens is 2. The molecule has 0 bridgehead atoms. The van der Waals surface area contributed by atoms with Gasteiger partial charge in [-0.1, -0.05) is 35.9 Å². The summed E-state index contributed by atoms with van der Waals surface area (Å²) in [6.07, 6.45) is 3.09.